The number of nitrogens with zero attached hydrogens (tertiary/aromatic N) is 3. The average molecular weight is 331 g/mol. The molecule has 1 saturated heterocycles. The molecule has 0 unspecified atom stereocenters. The lowest BCUT2D eigenvalue weighted by Crippen LogP contribution is -2.38. The Morgan fingerprint density at radius 1 is 1.30 bits per heavy atom. The van der Waals surface area contributed by atoms with Crippen LogP contribution >= 0.6 is 11.6 Å². The summed E-state index contributed by atoms with van der Waals surface area (Å²) in [5.74, 6) is -0.104. The monoisotopic (exact) mass is 330 g/mol. The Balaban J connectivity index is 1.61. The van der Waals surface area contributed by atoms with Crippen LogP contribution in [-0.4, -0.2) is 41.6 Å². The van der Waals surface area contributed by atoms with Crippen LogP contribution in [0.3, 0.4) is 0 Å². The highest BCUT2D eigenvalue weighted by Crippen LogP contribution is 2.18. The Morgan fingerprint density at radius 2 is 2.09 bits per heavy atom. The number of para-hydroxylation sites is 1. The highest BCUT2D eigenvalue weighted by Gasteiger charge is 2.13. The first-order valence-corrected chi connectivity index (χ1v) is 8.20. The van der Waals surface area contributed by atoms with Gasteiger partial charge in [-0.1, -0.05) is 36.2 Å². The van der Waals surface area contributed by atoms with Crippen LogP contribution in [0.25, 0.3) is 10.9 Å². The minimum atomic E-state index is -0.104. The van der Waals surface area contributed by atoms with E-state index < -0.39 is 0 Å². The van der Waals surface area contributed by atoms with Crippen molar-refractivity contribution >= 4 is 34.6 Å². The van der Waals surface area contributed by atoms with E-state index in [1.807, 2.05) is 30.3 Å². The number of pyridine rings is 1. The summed E-state index contributed by atoms with van der Waals surface area (Å²) in [5, 5.41) is 5.36. The maximum atomic E-state index is 11.9. The Morgan fingerprint density at radius 3 is 2.91 bits per heavy atom. The fourth-order valence-electron chi connectivity index (χ4n) is 2.73. The molecule has 0 aliphatic carbocycles. The predicted molar refractivity (Wildman–Crippen MR) is 92.8 cm³/mol. The van der Waals surface area contributed by atoms with Crippen LogP contribution in [0.4, 0.5) is 0 Å². The van der Waals surface area contributed by atoms with E-state index in [4.69, 9.17) is 11.6 Å². The smallest absolute Gasteiger partial charge is 0.254 e. The number of likely N-dealkylation sites (tertiary alicyclic amines) is 1. The van der Waals surface area contributed by atoms with Gasteiger partial charge in [-0.15, -0.1) is 0 Å². The van der Waals surface area contributed by atoms with Crippen LogP contribution in [0.2, 0.25) is 5.15 Å². The van der Waals surface area contributed by atoms with Crippen LogP contribution in [0.1, 0.15) is 24.8 Å². The number of hydrogen-bond donors (Lipinski definition) is 1. The maximum Gasteiger partial charge on any atom is 0.254 e. The van der Waals surface area contributed by atoms with Crippen molar-refractivity contribution in [1.29, 1.82) is 0 Å². The number of hydrogen-bond acceptors (Lipinski definition) is 4. The number of fused-ring (bicyclic) bond motifs is 1. The molecular formula is C17H19ClN4O. The summed E-state index contributed by atoms with van der Waals surface area (Å²) in [4.78, 5) is 18.4. The molecule has 2 heterocycles. The number of hydrazone groups is 1. The van der Waals surface area contributed by atoms with Gasteiger partial charge in [-0.2, -0.15) is 5.10 Å². The molecule has 1 aliphatic rings. The summed E-state index contributed by atoms with van der Waals surface area (Å²) in [6.45, 7) is 2.36. The molecule has 1 N–H and O–H groups in total. The molecule has 6 heteroatoms. The van der Waals surface area contributed by atoms with Crippen LogP contribution in [0.15, 0.2) is 35.4 Å². The van der Waals surface area contributed by atoms with E-state index >= 15 is 0 Å². The van der Waals surface area contributed by atoms with E-state index in [1.165, 1.54) is 12.6 Å². The number of piperidine rings is 1. The standard InChI is InChI=1S/C17H19ClN4O/c18-17-14(10-13-6-2-3-7-15(13)20-17)11-19-21-16(23)12-22-8-4-1-5-9-22/h2-3,6-7,10-11H,1,4-5,8-9,12H2,(H,21,23). The number of amides is 1. The summed E-state index contributed by atoms with van der Waals surface area (Å²) < 4.78 is 0. The summed E-state index contributed by atoms with van der Waals surface area (Å²) in [7, 11) is 0. The number of nitrogens with one attached hydrogen (secondary N) is 1. The topological polar surface area (TPSA) is 57.6 Å². The van der Waals surface area contributed by atoms with Gasteiger partial charge in [0.15, 0.2) is 0 Å². The largest absolute Gasteiger partial charge is 0.294 e. The second kappa shape index (κ2) is 7.53. The van der Waals surface area contributed by atoms with E-state index in [0.29, 0.717) is 17.3 Å². The number of halogens is 1. The molecule has 3 rings (SSSR count). The average Bonchev–Trinajstić information content (AvgIpc) is 2.56. The number of carbonyl (C=O) groups excluding carboxylic acids is 1. The van der Waals surface area contributed by atoms with E-state index in [0.717, 1.165) is 36.8 Å². The zero-order chi connectivity index (χ0) is 16.1. The molecule has 0 saturated carbocycles. The van der Waals surface area contributed by atoms with Crippen molar-refractivity contribution < 1.29 is 4.79 Å². The molecule has 1 amide bonds. The Bertz CT molecular complexity index is 726. The third-order valence-corrected chi connectivity index (χ3v) is 4.22. The van der Waals surface area contributed by atoms with E-state index in [9.17, 15) is 4.79 Å². The fourth-order valence-corrected chi connectivity index (χ4v) is 2.92. The predicted octanol–water partition coefficient (Wildman–Crippen LogP) is 2.82. The highest BCUT2D eigenvalue weighted by atomic mass is 35.5. The molecule has 120 valence electrons. The first-order chi connectivity index (χ1) is 11.2. The molecule has 1 fully saturated rings. The lowest BCUT2D eigenvalue weighted by molar-refractivity contribution is -0.122. The fraction of sp³-hybridized carbons (Fsp3) is 0.353. The number of rotatable bonds is 4. The van der Waals surface area contributed by atoms with Crippen molar-refractivity contribution in [2.45, 2.75) is 19.3 Å². The Kier molecular flexibility index (Phi) is 5.20. The van der Waals surface area contributed by atoms with Gasteiger partial charge in [0.25, 0.3) is 5.91 Å². The van der Waals surface area contributed by atoms with Gasteiger partial charge >= 0.3 is 0 Å². The molecule has 0 atom stereocenters. The molecule has 23 heavy (non-hydrogen) atoms. The van der Waals surface area contributed by atoms with Crippen LogP contribution < -0.4 is 5.43 Å². The van der Waals surface area contributed by atoms with E-state index in [2.05, 4.69) is 20.4 Å². The van der Waals surface area contributed by atoms with E-state index in [1.54, 1.807) is 0 Å². The maximum absolute atomic E-state index is 11.9. The van der Waals surface area contributed by atoms with Crippen molar-refractivity contribution in [2.24, 2.45) is 5.10 Å². The van der Waals surface area contributed by atoms with E-state index in [-0.39, 0.29) is 5.91 Å². The Labute approximate surface area is 140 Å². The van der Waals surface area contributed by atoms with Crippen molar-refractivity contribution in [3.8, 4) is 0 Å². The molecule has 1 aliphatic heterocycles. The third-order valence-electron chi connectivity index (χ3n) is 3.91. The molecule has 2 aromatic rings. The minimum Gasteiger partial charge on any atom is -0.294 e. The van der Waals surface area contributed by atoms with Crippen molar-refractivity contribution in [3.05, 3.63) is 41.0 Å². The molecule has 0 spiro atoms. The first kappa shape index (κ1) is 15.9. The molecule has 0 bridgehead atoms. The van der Waals surface area contributed by atoms with Gasteiger partial charge in [0.2, 0.25) is 0 Å². The zero-order valence-electron chi connectivity index (χ0n) is 12.8. The van der Waals surface area contributed by atoms with Gasteiger partial charge < -0.3 is 0 Å². The molecular weight excluding hydrogens is 312 g/mol. The van der Waals surface area contributed by atoms with Crippen LogP contribution in [0.5, 0.6) is 0 Å². The van der Waals surface area contributed by atoms with Crippen LogP contribution in [-0.2, 0) is 4.79 Å². The molecule has 1 aromatic carbocycles. The van der Waals surface area contributed by atoms with Gasteiger partial charge in [0, 0.05) is 10.9 Å². The summed E-state index contributed by atoms with van der Waals surface area (Å²) in [6, 6.07) is 9.64. The zero-order valence-corrected chi connectivity index (χ0v) is 13.6. The molecule has 0 radical (unpaired) electrons. The third kappa shape index (κ3) is 4.27. The van der Waals surface area contributed by atoms with Gasteiger partial charge in [-0.3, -0.25) is 9.69 Å². The van der Waals surface area contributed by atoms with Gasteiger partial charge in [-0.05, 0) is 38.1 Å². The van der Waals surface area contributed by atoms with Crippen molar-refractivity contribution in [1.82, 2.24) is 15.3 Å². The van der Waals surface area contributed by atoms with Gasteiger partial charge in [0.05, 0.1) is 18.3 Å². The lowest BCUT2D eigenvalue weighted by Gasteiger charge is -2.25. The number of aromatic nitrogens is 1. The van der Waals surface area contributed by atoms with Crippen molar-refractivity contribution in [2.75, 3.05) is 19.6 Å². The minimum absolute atomic E-state index is 0.104. The number of benzene rings is 1. The quantitative estimate of drug-likeness (QED) is 0.533. The normalized spacial score (nSPS) is 16.0. The second-order valence-corrected chi connectivity index (χ2v) is 6.05. The summed E-state index contributed by atoms with van der Waals surface area (Å²) >= 11 is 6.15. The number of carbonyl (C=O) groups is 1. The molecule has 5 nitrogen and oxygen atoms in total. The van der Waals surface area contributed by atoms with Gasteiger partial charge in [0.1, 0.15) is 5.15 Å². The van der Waals surface area contributed by atoms with Gasteiger partial charge in [-0.25, -0.2) is 10.4 Å². The summed E-state index contributed by atoms with van der Waals surface area (Å²) in [6.07, 6.45) is 5.11. The van der Waals surface area contributed by atoms with Crippen molar-refractivity contribution in [3.63, 3.8) is 0 Å². The summed E-state index contributed by atoms with van der Waals surface area (Å²) in [5.41, 5.74) is 4.08. The lowest BCUT2D eigenvalue weighted by atomic mass is 10.1. The highest BCUT2D eigenvalue weighted by molar-refractivity contribution is 6.32. The first-order valence-electron chi connectivity index (χ1n) is 7.82. The second-order valence-electron chi connectivity index (χ2n) is 5.69. The Hall–Kier alpha value is -1.98. The molecule has 1 aromatic heterocycles. The SMILES string of the molecule is O=C(CN1CCCCC1)NN=Cc1cc2ccccc2nc1Cl. The van der Waals surface area contributed by atoms with Crippen LogP contribution in [0, 0.1) is 0 Å².